The molecule has 0 aliphatic carbocycles. The Bertz CT molecular complexity index is 826. The van der Waals surface area contributed by atoms with Gasteiger partial charge in [-0.05, 0) is 36.4 Å². The van der Waals surface area contributed by atoms with E-state index in [4.69, 9.17) is 0 Å². The van der Waals surface area contributed by atoms with Crippen LogP contribution in [0, 0.1) is 0 Å². The number of carbonyl (C=O) groups is 2. The molecule has 0 unspecified atom stereocenters. The SMILES string of the molecule is O=C(CCCNC(=O)c1ccsc1)NCCCc1nc2ccccc2s1. The van der Waals surface area contributed by atoms with Crippen LogP contribution in [0.1, 0.15) is 34.6 Å². The Balaban J connectivity index is 1.26. The molecule has 2 aromatic heterocycles. The third-order valence-corrected chi connectivity index (χ3v) is 5.66. The van der Waals surface area contributed by atoms with Crippen LogP contribution in [0.15, 0.2) is 41.1 Å². The molecule has 0 bridgehead atoms. The number of fused-ring (bicyclic) bond motifs is 1. The fourth-order valence-electron chi connectivity index (χ4n) is 2.53. The monoisotopic (exact) mass is 387 g/mol. The van der Waals surface area contributed by atoms with Crippen LogP contribution in [-0.2, 0) is 11.2 Å². The van der Waals surface area contributed by atoms with E-state index in [0.717, 1.165) is 23.4 Å². The summed E-state index contributed by atoms with van der Waals surface area (Å²) < 4.78 is 1.20. The summed E-state index contributed by atoms with van der Waals surface area (Å²) >= 11 is 3.21. The maximum Gasteiger partial charge on any atom is 0.252 e. The van der Waals surface area contributed by atoms with Gasteiger partial charge in [0.05, 0.1) is 15.2 Å². The van der Waals surface area contributed by atoms with Gasteiger partial charge in [-0.3, -0.25) is 9.59 Å². The lowest BCUT2D eigenvalue weighted by molar-refractivity contribution is -0.121. The van der Waals surface area contributed by atoms with E-state index in [-0.39, 0.29) is 11.8 Å². The molecule has 0 fully saturated rings. The standard InChI is InChI=1S/C19H21N3O2S2/c23-17(7-3-11-21-19(24)14-9-12-25-13-14)20-10-4-8-18-22-15-5-1-2-6-16(15)26-18/h1-2,5-6,9,12-13H,3-4,7-8,10-11H2,(H,20,23)(H,21,24). The maximum absolute atomic E-state index is 11.8. The lowest BCUT2D eigenvalue weighted by Gasteiger charge is -2.05. The van der Waals surface area contributed by atoms with Gasteiger partial charge in [-0.25, -0.2) is 4.98 Å². The maximum atomic E-state index is 11.8. The number of carbonyl (C=O) groups excluding carboxylic acids is 2. The molecule has 0 atom stereocenters. The topological polar surface area (TPSA) is 71.1 Å². The smallest absolute Gasteiger partial charge is 0.252 e. The molecular formula is C19H21N3O2S2. The molecule has 3 aromatic rings. The second-order valence-corrected chi connectivity index (χ2v) is 7.80. The van der Waals surface area contributed by atoms with Crippen LogP contribution in [0.3, 0.4) is 0 Å². The van der Waals surface area contributed by atoms with Crippen LogP contribution in [-0.4, -0.2) is 29.9 Å². The number of thiazole rings is 1. The van der Waals surface area contributed by atoms with Crippen LogP contribution in [0.5, 0.6) is 0 Å². The summed E-state index contributed by atoms with van der Waals surface area (Å²) in [5.41, 5.74) is 1.72. The van der Waals surface area contributed by atoms with Crippen molar-refractivity contribution in [1.29, 1.82) is 0 Å². The van der Waals surface area contributed by atoms with Crippen molar-refractivity contribution in [2.75, 3.05) is 13.1 Å². The van der Waals surface area contributed by atoms with E-state index in [9.17, 15) is 9.59 Å². The Morgan fingerprint density at radius 3 is 2.69 bits per heavy atom. The molecule has 0 aliphatic rings. The first-order valence-corrected chi connectivity index (χ1v) is 10.4. The van der Waals surface area contributed by atoms with E-state index in [1.165, 1.54) is 16.0 Å². The number of hydrogen-bond acceptors (Lipinski definition) is 5. The molecule has 7 heteroatoms. The van der Waals surface area contributed by atoms with Crippen molar-refractivity contribution in [2.24, 2.45) is 0 Å². The summed E-state index contributed by atoms with van der Waals surface area (Å²) in [5.74, 6) is -0.0541. The minimum atomic E-state index is -0.0810. The quantitative estimate of drug-likeness (QED) is 0.551. The molecule has 0 saturated heterocycles. The van der Waals surface area contributed by atoms with E-state index < -0.39 is 0 Å². The minimum absolute atomic E-state index is 0.0269. The van der Waals surface area contributed by atoms with E-state index in [1.54, 1.807) is 17.4 Å². The third kappa shape index (κ3) is 5.37. The third-order valence-electron chi connectivity index (χ3n) is 3.88. The number of benzene rings is 1. The average Bonchev–Trinajstić information content (AvgIpc) is 3.31. The molecule has 0 saturated carbocycles. The van der Waals surface area contributed by atoms with Gasteiger partial charge in [-0.1, -0.05) is 12.1 Å². The van der Waals surface area contributed by atoms with Crippen LogP contribution in [0.25, 0.3) is 10.2 Å². The fourth-order valence-corrected chi connectivity index (χ4v) is 4.17. The Labute approximate surface area is 160 Å². The van der Waals surface area contributed by atoms with Crippen LogP contribution < -0.4 is 10.6 Å². The molecule has 136 valence electrons. The van der Waals surface area contributed by atoms with Crippen molar-refractivity contribution in [3.63, 3.8) is 0 Å². The van der Waals surface area contributed by atoms with Gasteiger partial charge in [-0.2, -0.15) is 11.3 Å². The Morgan fingerprint density at radius 1 is 1.04 bits per heavy atom. The largest absolute Gasteiger partial charge is 0.356 e. The molecule has 2 heterocycles. The number of rotatable bonds is 9. The zero-order valence-electron chi connectivity index (χ0n) is 14.4. The van der Waals surface area contributed by atoms with Gasteiger partial charge in [0.2, 0.25) is 5.91 Å². The van der Waals surface area contributed by atoms with Crippen LogP contribution in [0.2, 0.25) is 0 Å². The minimum Gasteiger partial charge on any atom is -0.356 e. The summed E-state index contributed by atoms with van der Waals surface area (Å²) in [6.45, 7) is 1.16. The molecule has 0 aliphatic heterocycles. The first kappa shape index (κ1) is 18.5. The molecular weight excluding hydrogens is 366 g/mol. The van der Waals surface area contributed by atoms with Crippen LogP contribution in [0.4, 0.5) is 0 Å². The van der Waals surface area contributed by atoms with Gasteiger partial charge in [0.25, 0.3) is 5.91 Å². The number of nitrogens with one attached hydrogen (secondary N) is 2. The van der Waals surface area contributed by atoms with Crippen molar-refractivity contribution < 1.29 is 9.59 Å². The summed E-state index contributed by atoms with van der Waals surface area (Å²) in [4.78, 5) is 28.2. The van der Waals surface area contributed by atoms with Crippen molar-refractivity contribution in [2.45, 2.75) is 25.7 Å². The highest BCUT2D eigenvalue weighted by Gasteiger charge is 2.06. The average molecular weight is 388 g/mol. The van der Waals surface area contributed by atoms with Gasteiger partial charge >= 0.3 is 0 Å². The molecule has 0 spiro atoms. The highest BCUT2D eigenvalue weighted by atomic mass is 32.1. The highest BCUT2D eigenvalue weighted by Crippen LogP contribution is 2.22. The van der Waals surface area contributed by atoms with Crippen molar-refractivity contribution in [3.8, 4) is 0 Å². The first-order valence-electron chi connectivity index (χ1n) is 8.64. The summed E-state index contributed by atoms with van der Waals surface area (Å²) in [6, 6.07) is 9.91. The Hall–Kier alpha value is -2.25. The molecule has 2 N–H and O–H groups in total. The molecule has 26 heavy (non-hydrogen) atoms. The predicted octanol–water partition coefficient (Wildman–Crippen LogP) is 3.62. The second-order valence-electron chi connectivity index (χ2n) is 5.90. The van der Waals surface area contributed by atoms with Crippen molar-refractivity contribution in [3.05, 3.63) is 51.7 Å². The summed E-state index contributed by atoms with van der Waals surface area (Å²) in [5, 5.41) is 10.5. The lowest BCUT2D eigenvalue weighted by Crippen LogP contribution is -2.28. The van der Waals surface area contributed by atoms with E-state index in [0.29, 0.717) is 31.5 Å². The zero-order valence-corrected chi connectivity index (χ0v) is 16.0. The number of thiophene rings is 1. The van der Waals surface area contributed by atoms with Gasteiger partial charge in [-0.15, -0.1) is 11.3 Å². The van der Waals surface area contributed by atoms with Crippen molar-refractivity contribution >= 4 is 44.7 Å². The van der Waals surface area contributed by atoms with Crippen LogP contribution >= 0.6 is 22.7 Å². The van der Waals surface area contributed by atoms with E-state index in [2.05, 4.69) is 21.7 Å². The summed E-state index contributed by atoms with van der Waals surface area (Å²) in [7, 11) is 0. The highest BCUT2D eigenvalue weighted by molar-refractivity contribution is 7.18. The summed E-state index contributed by atoms with van der Waals surface area (Å²) in [6.07, 6.45) is 2.81. The molecule has 2 amide bonds. The first-order chi connectivity index (χ1) is 12.7. The van der Waals surface area contributed by atoms with Gasteiger partial charge < -0.3 is 10.6 Å². The van der Waals surface area contributed by atoms with E-state index in [1.807, 2.05) is 29.0 Å². The van der Waals surface area contributed by atoms with E-state index >= 15 is 0 Å². The number of hydrogen-bond donors (Lipinski definition) is 2. The number of amides is 2. The van der Waals surface area contributed by atoms with Gasteiger partial charge in [0.15, 0.2) is 0 Å². The molecule has 3 rings (SSSR count). The second kappa shape index (κ2) is 9.45. The zero-order chi connectivity index (χ0) is 18.2. The number of aryl methyl sites for hydroxylation is 1. The van der Waals surface area contributed by atoms with Gasteiger partial charge in [0.1, 0.15) is 0 Å². The predicted molar refractivity (Wildman–Crippen MR) is 107 cm³/mol. The lowest BCUT2D eigenvalue weighted by atomic mass is 10.2. The Morgan fingerprint density at radius 2 is 1.88 bits per heavy atom. The molecule has 5 nitrogen and oxygen atoms in total. The van der Waals surface area contributed by atoms with Crippen molar-refractivity contribution in [1.82, 2.24) is 15.6 Å². The van der Waals surface area contributed by atoms with Gasteiger partial charge in [0, 0.05) is 36.9 Å². The number of aromatic nitrogens is 1. The number of para-hydroxylation sites is 1. The number of nitrogens with zero attached hydrogens (tertiary/aromatic N) is 1. The molecule has 1 aromatic carbocycles. The Kier molecular flexibility index (Phi) is 6.74. The normalized spacial score (nSPS) is 10.8. The fraction of sp³-hybridized carbons (Fsp3) is 0.316. The molecule has 0 radical (unpaired) electrons.